The first-order chi connectivity index (χ1) is 15.2. The lowest BCUT2D eigenvalue weighted by Crippen LogP contribution is -2.23. The number of rotatable bonds is 8. The maximum absolute atomic E-state index is 12.9. The standard InChI is InChI=1S/C24H21N3O3S/c1-2-12-27-23(29)20-10-3-4-11-21(20)26-24(27)31-16-17-7-5-8-18(14-17)22(28)25-15-19-9-6-13-30-19/h2-11,13-14H,1,12,15-16H2,(H,25,28). The van der Waals surface area contributed by atoms with Crippen LogP contribution in [0.1, 0.15) is 21.7 Å². The Hall–Kier alpha value is -3.58. The average Bonchev–Trinajstić information content (AvgIpc) is 3.32. The Kier molecular flexibility index (Phi) is 6.33. The quantitative estimate of drug-likeness (QED) is 0.254. The number of nitrogens with one attached hydrogen (secondary N) is 1. The van der Waals surface area contributed by atoms with E-state index in [4.69, 9.17) is 4.42 Å². The molecule has 2 aromatic heterocycles. The van der Waals surface area contributed by atoms with Gasteiger partial charge in [-0.05, 0) is 42.0 Å². The molecule has 31 heavy (non-hydrogen) atoms. The van der Waals surface area contributed by atoms with Gasteiger partial charge in [-0.1, -0.05) is 42.1 Å². The first-order valence-electron chi connectivity index (χ1n) is 9.78. The number of aromatic nitrogens is 2. The van der Waals surface area contributed by atoms with E-state index in [9.17, 15) is 9.59 Å². The van der Waals surface area contributed by atoms with Crippen molar-refractivity contribution in [3.05, 3.63) is 107 Å². The van der Waals surface area contributed by atoms with Crippen LogP contribution in [0.3, 0.4) is 0 Å². The van der Waals surface area contributed by atoms with Gasteiger partial charge in [-0.15, -0.1) is 6.58 Å². The number of hydrogen-bond donors (Lipinski definition) is 1. The molecule has 1 N–H and O–H groups in total. The molecular formula is C24H21N3O3S. The number of hydrogen-bond acceptors (Lipinski definition) is 5. The van der Waals surface area contributed by atoms with Gasteiger partial charge in [-0.2, -0.15) is 0 Å². The predicted octanol–water partition coefficient (Wildman–Crippen LogP) is 4.40. The number of carbonyl (C=O) groups excluding carboxylic acids is 1. The number of amides is 1. The van der Waals surface area contributed by atoms with Gasteiger partial charge in [0, 0.05) is 17.9 Å². The second-order valence-electron chi connectivity index (χ2n) is 6.87. The highest BCUT2D eigenvalue weighted by Crippen LogP contribution is 2.23. The monoisotopic (exact) mass is 431 g/mol. The molecule has 0 saturated heterocycles. The zero-order valence-electron chi connectivity index (χ0n) is 16.8. The molecule has 4 aromatic rings. The molecule has 0 radical (unpaired) electrons. The summed E-state index contributed by atoms with van der Waals surface area (Å²) in [4.78, 5) is 30.0. The number of carbonyl (C=O) groups is 1. The first-order valence-corrected chi connectivity index (χ1v) is 10.8. The minimum absolute atomic E-state index is 0.0842. The van der Waals surface area contributed by atoms with E-state index < -0.39 is 0 Å². The van der Waals surface area contributed by atoms with Crippen LogP contribution in [0, 0.1) is 0 Å². The summed E-state index contributed by atoms with van der Waals surface area (Å²) in [5.74, 6) is 1.10. The molecule has 0 unspecified atom stereocenters. The second-order valence-corrected chi connectivity index (χ2v) is 7.81. The van der Waals surface area contributed by atoms with Gasteiger partial charge in [-0.3, -0.25) is 14.2 Å². The van der Waals surface area contributed by atoms with Crippen molar-refractivity contribution in [1.82, 2.24) is 14.9 Å². The normalized spacial score (nSPS) is 10.8. The molecule has 4 rings (SSSR count). The van der Waals surface area contributed by atoms with E-state index in [1.54, 1.807) is 35.1 Å². The van der Waals surface area contributed by atoms with Gasteiger partial charge in [-0.25, -0.2) is 4.98 Å². The van der Waals surface area contributed by atoms with Crippen molar-refractivity contribution >= 4 is 28.6 Å². The lowest BCUT2D eigenvalue weighted by Gasteiger charge is -2.12. The van der Waals surface area contributed by atoms with E-state index in [0.29, 0.717) is 46.2 Å². The van der Waals surface area contributed by atoms with Crippen molar-refractivity contribution in [2.75, 3.05) is 0 Å². The highest BCUT2D eigenvalue weighted by molar-refractivity contribution is 7.98. The van der Waals surface area contributed by atoms with E-state index in [1.807, 2.05) is 42.5 Å². The Balaban J connectivity index is 1.51. The molecule has 0 aliphatic carbocycles. The second kappa shape index (κ2) is 9.49. The van der Waals surface area contributed by atoms with E-state index in [-0.39, 0.29) is 11.5 Å². The molecule has 0 aliphatic rings. The summed E-state index contributed by atoms with van der Waals surface area (Å²) in [6.07, 6.45) is 3.26. The molecule has 0 spiro atoms. The Bertz CT molecular complexity index is 1280. The third-order valence-electron chi connectivity index (χ3n) is 4.70. The number of fused-ring (bicyclic) bond motifs is 1. The van der Waals surface area contributed by atoms with Gasteiger partial charge in [0.15, 0.2) is 5.16 Å². The molecule has 2 aromatic carbocycles. The zero-order chi connectivity index (χ0) is 21.6. The summed E-state index contributed by atoms with van der Waals surface area (Å²) in [6.45, 7) is 4.47. The van der Waals surface area contributed by atoms with Crippen LogP contribution in [0.15, 0.2) is 93.9 Å². The van der Waals surface area contributed by atoms with Gasteiger partial charge < -0.3 is 9.73 Å². The van der Waals surface area contributed by atoms with Crippen LogP contribution in [0.5, 0.6) is 0 Å². The maximum atomic E-state index is 12.9. The van der Waals surface area contributed by atoms with Gasteiger partial charge >= 0.3 is 0 Å². The number of para-hydroxylation sites is 1. The van der Waals surface area contributed by atoms with Gasteiger partial charge in [0.25, 0.3) is 11.5 Å². The fourth-order valence-electron chi connectivity index (χ4n) is 3.18. The van der Waals surface area contributed by atoms with E-state index in [0.717, 1.165) is 5.56 Å². The minimum Gasteiger partial charge on any atom is -0.467 e. The van der Waals surface area contributed by atoms with Gasteiger partial charge in [0.05, 0.1) is 23.7 Å². The Labute approximate surface area is 183 Å². The molecule has 7 heteroatoms. The van der Waals surface area contributed by atoms with Crippen LogP contribution in [-0.4, -0.2) is 15.5 Å². The van der Waals surface area contributed by atoms with Crippen LogP contribution < -0.4 is 10.9 Å². The molecule has 0 bridgehead atoms. The number of thioether (sulfide) groups is 1. The number of furan rings is 1. The summed E-state index contributed by atoms with van der Waals surface area (Å²) in [7, 11) is 0. The minimum atomic E-state index is -0.171. The zero-order valence-corrected chi connectivity index (χ0v) is 17.6. The van der Waals surface area contributed by atoms with Crippen molar-refractivity contribution in [3.63, 3.8) is 0 Å². The van der Waals surface area contributed by atoms with Crippen LogP contribution in [0.2, 0.25) is 0 Å². The van der Waals surface area contributed by atoms with Gasteiger partial charge in [0.2, 0.25) is 0 Å². The van der Waals surface area contributed by atoms with Crippen molar-refractivity contribution in [2.24, 2.45) is 0 Å². The molecule has 156 valence electrons. The molecular weight excluding hydrogens is 410 g/mol. The van der Waals surface area contributed by atoms with Crippen molar-refractivity contribution in [3.8, 4) is 0 Å². The lowest BCUT2D eigenvalue weighted by molar-refractivity contribution is 0.0948. The van der Waals surface area contributed by atoms with Crippen LogP contribution in [-0.2, 0) is 18.8 Å². The number of allylic oxidation sites excluding steroid dienone is 1. The molecule has 1 amide bonds. The lowest BCUT2D eigenvalue weighted by atomic mass is 10.1. The van der Waals surface area contributed by atoms with Gasteiger partial charge in [0.1, 0.15) is 5.76 Å². The smallest absolute Gasteiger partial charge is 0.262 e. The van der Waals surface area contributed by atoms with E-state index >= 15 is 0 Å². The molecule has 0 atom stereocenters. The molecule has 0 saturated carbocycles. The fourth-order valence-corrected chi connectivity index (χ4v) is 4.13. The highest BCUT2D eigenvalue weighted by atomic mass is 32.2. The van der Waals surface area contributed by atoms with E-state index in [1.165, 1.54) is 11.8 Å². The largest absolute Gasteiger partial charge is 0.467 e. The fraction of sp³-hybridized carbons (Fsp3) is 0.125. The third-order valence-corrected chi connectivity index (χ3v) is 5.75. The molecule has 6 nitrogen and oxygen atoms in total. The summed E-state index contributed by atoms with van der Waals surface area (Å²) >= 11 is 1.46. The highest BCUT2D eigenvalue weighted by Gasteiger charge is 2.12. The predicted molar refractivity (Wildman–Crippen MR) is 122 cm³/mol. The summed E-state index contributed by atoms with van der Waals surface area (Å²) in [5, 5.41) is 4.06. The topological polar surface area (TPSA) is 77.1 Å². The van der Waals surface area contributed by atoms with E-state index in [2.05, 4.69) is 16.9 Å². The van der Waals surface area contributed by atoms with Crippen molar-refractivity contribution < 1.29 is 9.21 Å². The summed E-state index contributed by atoms with van der Waals surface area (Å²) in [6, 6.07) is 18.3. The number of benzene rings is 2. The van der Waals surface area contributed by atoms with Crippen LogP contribution >= 0.6 is 11.8 Å². The Morgan fingerprint density at radius 2 is 2.03 bits per heavy atom. The van der Waals surface area contributed by atoms with Crippen LogP contribution in [0.25, 0.3) is 10.9 Å². The number of nitrogens with zero attached hydrogens (tertiary/aromatic N) is 2. The first kappa shape index (κ1) is 20.7. The SMILES string of the molecule is C=CCn1c(SCc2cccc(C(=O)NCc3ccco3)c2)nc2ccccc2c1=O. The molecule has 2 heterocycles. The summed E-state index contributed by atoms with van der Waals surface area (Å²) in [5.41, 5.74) is 2.11. The van der Waals surface area contributed by atoms with Crippen molar-refractivity contribution in [1.29, 1.82) is 0 Å². The average molecular weight is 432 g/mol. The Morgan fingerprint density at radius 1 is 1.16 bits per heavy atom. The molecule has 0 aliphatic heterocycles. The van der Waals surface area contributed by atoms with Crippen LogP contribution in [0.4, 0.5) is 0 Å². The molecule has 0 fully saturated rings. The third kappa shape index (κ3) is 4.78. The maximum Gasteiger partial charge on any atom is 0.262 e. The summed E-state index contributed by atoms with van der Waals surface area (Å²) < 4.78 is 6.87. The Morgan fingerprint density at radius 3 is 2.84 bits per heavy atom. The van der Waals surface area contributed by atoms with Crippen molar-refractivity contribution in [2.45, 2.75) is 24.0 Å².